The van der Waals surface area contributed by atoms with Crippen LogP contribution in [0.2, 0.25) is 0 Å². The van der Waals surface area contributed by atoms with Gasteiger partial charge in [-0.25, -0.2) is 0 Å². The third-order valence-corrected chi connectivity index (χ3v) is 5.92. The van der Waals surface area contributed by atoms with Crippen molar-refractivity contribution < 1.29 is 24.0 Å². The topological polar surface area (TPSA) is 125 Å². The van der Waals surface area contributed by atoms with Crippen LogP contribution in [0.3, 0.4) is 0 Å². The molecule has 0 bridgehead atoms. The minimum atomic E-state index is -0.534. The summed E-state index contributed by atoms with van der Waals surface area (Å²) in [5.74, 6) is -2.19. The minimum Gasteiger partial charge on any atom is -0.315 e. The summed E-state index contributed by atoms with van der Waals surface area (Å²) >= 11 is 1.33. The van der Waals surface area contributed by atoms with E-state index in [-0.39, 0.29) is 31.2 Å². The predicted molar refractivity (Wildman–Crippen MR) is 101 cm³/mol. The number of aryl methyl sites for hydroxylation is 1. The van der Waals surface area contributed by atoms with Crippen LogP contribution in [0, 0.1) is 0 Å². The quantitative estimate of drug-likeness (QED) is 0.389. The van der Waals surface area contributed by atoms with Gasteiger partial charge in [0.2, 0.25) is 23.6 Å². The van der Waals surface area contributed by atoms with Crippen LogP contribution in [0.1, 0.15) is 59.8 Å². The first-order valence-electron chi connectivity index (χ1n) is 9.21. The molecule has 1 fully saturated rings. The van der Waals surface area contributed by atoms with E-state index >= 15 is 0 Å². The first-order chi connectivity index (χ1) is 13.4. The van der Waals surface area contributed by atoms with Crippen molar-refractivity contribution in [3.63, 3.8) is 0 Å². The highest BCUT2D eigenvalue weighted by Crippen LogP contribution is 2.37. The van der Waals surface area contributed by atoms with Crippen molar-refractivity contribution in [2.75, 3.05) is 11.9 Å². The Morgan fingerprint density at radius 2 is 1.64 bits per heavy atom. The van der Waals surface area contributed by atoms with Crippen LogP contribution in [0.4, 0.5) is 5.00 Å². The van der Waals surface area contributed by atoms with Gasteiger partial charge in [0, 0.05) is 24.6 Å². The molecule has 3 rings (SSSR count). The Kier molecular flexibility index (Phi) is 6.08. The van der Waals surface area contributed by atoms with Crippen LogP contribution < -0.4 is 16.2 Å². The lowest BCUT2D eigenvalue weighted by molar-refractivity contribution is -0.141. The average molecular weight is 406 g/mol. The number of carbonyl (C=O) groups excluding carboxylic acids is 5. The fourth-order valence-electron chi connectivity index (χ4n) is 3.39. The summed E-state index contributed by atoms with van der Waals surface area (Å²) in [5.41, 5.74) is 5.84. The van der Waals surface area contributed by atoms with Gasteiger partial charge < -0.3 is 5.32 Å². The molecule has 0 spiro atoms. The lowest BCUT2D eigenvalue weighted by atomic mass is 10.1. The molecule has 0 radical (unpaired) electrons. The molecule has 1 aromatic heterocycles. The van der Waals surface area contributed by atoms with Gasteiger partial charge in [0.15, 0.2) is 0 Å². The van der Waals surface area contributed by atoms with Crippen LogP contribution in [0.25, 0.3) is 0 Å². The molecule has 5 amide bonds. The molecule has 1 aromatic rings. The summed E-state index contributed by atoms with van der Waals surface area (Å²) in [5, 5.41) is 3.06. The molecule has 2 aliphatic rings. The number of hydrogen-bond acceptors (Lipinski definition) is 6. The van der Waals surface area contributed by atoms with Crippen LogP contribution in [-0.2, 0) is 32.0 Å². The number of hydrazine groups is 1. The predicted octanol–water partition coefficient (Wildman–Crippen LogP) is 0.885. The molecular formula is C18H22N4O5S. The minimum absolute atomic E-state index is 0.115. The SMILES string of the molecule is CC(=O)NNC(=O)c1c(NC(=O)CN2C(=O)CCC2=O)sc2c1CCCCC2. The number of likely N-dealkylation sites (tertiary alicyclic amines) is 1. The van der Waals surface area contributed by atoms with Crippen LogP contribution in [0.15, 0.2) is 0 Å². The number of amides is 5. The van der Waals surface area contributed by atoms with Crippen LogP contribution in [0.5, 0.6) is 0 Å². The monoisotopic (exact) mass is 406 g/mol. The molecule has 150 valence electrons. The maximum atomic E-state index is 12.7. The smallest absolute Gasteiger partial charge is 0.272 e. The van der Waals surface area contributed by atoms with Crippen LogP contribution >= 0.6 is 11.3 Å². The molecule has 1 aliphatic carbocycles. The zero-order valence-electron chi connectivity index (χ0n) is 15.6. The number of hydrogen-bond donors (Lipinski definition) is 3. The normalized spacial score (nSPS) is 16.4. The average Bonchev–Trinajstić information content (AvgIpc) is 3.03. The molecule has 1 aliphatic heterocycles. The number of nitrogens with zero attached hydrogens (tertiary/aromatic N) is 1. The number of imide groups is 1. The van der Waals surface area contributed by atoms with E-state index in [2.05, 4.69) is 16.2 Å². The number of nitrogens with one attached hydrogen (secondary N) is 3. The van der Waals surface area contributed by atoms with E-state index in [0.29, 0.717) is 17.0 Å². The Labute approximate surface area is 165 Å². The summed E-state index contributed by atoms with van der Waals surface area (Å²) in [6.45, 7) is 0.911. The van der Waals surface area contributed by atoms with Gasteiger partial charge in [-0.2, -0.15) is 0 Å². The van der Waals surface area contributed by atoms with Gasteiger partial charge in [-0.05, 0) is 31.2 Å². The number of anilines is 1. The third-order valence-electron chi connectivity index (χ3n) is 4.71. The van der Waals surface area contributed by atoms with Crippen LogP contribution in [-0.4, -0.2) is 41.0 Å². The number of thiophene rings is 1. The van der Waals surface area contributed by atoms with Gasteiger partial charge in [0.1, 0.15) is 11.5 Å². The molecule has 28 heavy (non-hydrogen) atoms. The zero-order valence-corrected chi connectivity index (χ0v) is 16.4. The van der Waals surface area contributed by atoms with E-state index in [9.17, 15) is 24.0 Å². The Hall–Kier alpha value is -2.75. The first-order valence-corrected chi connectivity index (χ1v) is 10.0. The van der Waals surface area contributed by atoms with Crippen molar-refractivity contribution in [2.45, 2.75) is 51.9 Å². The molecule has 0 aromatic carbocycles. The summed E-state index contributed by atoms with van der Waals surface area (Å²) in [4.78, 5) is 61.6. The second-order valence-electron chi connectivity index (χ2n) is 6.83. The molecule has 0 saturated carbocycles. The van der Waals surface area contributed by atoms with Gasteiger partial charge in [0.05, 0.1) is 5.56 Å². The highest BCUT2D eigenvalue weighted by atomic mass is 32.1. The fraction of sp³-hybridized carbons (Fsp3) is 0.500. The second-order valence-corrected chi connectivity index (χ2v) is 7.93. The van der Waals surface area contributed by atoms with E-state index in [1.807, 2.05) is 0 Å². The van der Waals surface area contributed by atoms with Crippen molar-refractivity contribution in [1.82, 2.24) is 15.8 Å². The summed E-state index contributed by atoms with van der Waals surface area (Å²) in [6.07, 6.45) is 4.77. The maximum Gasteiger partial charge on any atom is 0.272 e. The van der Waals surface area contributed by atoms with Gasteiger partial charge in [-0.15, -0.1) is 11.3 Å². The van der Waals surface area contributed by atoms with Gasteiger partial charge in [-0.3, -0.25) is 39.7 Å². The molecular weight excluding hydrogens is 384 g/mol. The van der Waals surface area contributed by atoms with E-state index in [4.69, 9.17) is 0 Å². The van der Waals surface area contributed by atoms with Crippen molar-refractivity contribution in [2.24, 2.45) is 0 Å². The van der Waals surface area contributed by atoms with Crippen molar-refractivity contribution >= 4 is 45.9 Å². The largest absolute Gasteiger partial charge is 0.315 e. The molecule has 9 nitrogen and oxygen atoms in total. The molecule has 10 heteroatoms. The first kappa shape index (κ1) is 20.0. The van der Waals surface area contributed by atoms with Gasteiger partial charge in [0.25, 0.3) is 5.91 Å². The van der Waals surface area contributed by atoms with Crippen molar-refractivity contribution in [3.05, 3.63) is 16.0 Å². The third kappa shape index (κ3) is 4.38. The molecule has 0 atom stereocenters. The number of rotatable bonds is 4. The highest BCUT2D eigenvalue weighted by Gasteiger charge is 2.31. The lowest BCUT2D eigenvalue weighted by Crippen LogP contribution is -2.41. The highest BCUT2D eigenvalue weighted by molar-refractivity contribution is 7.17. The molecule has 3 N–H and O–H groups in total. The lowest BCUT2D eigenvalue weighted by Gasteiger charge is -2.14. The standard InChI is InChI=1S/C18H22N4O5S/c1-10(23)20-21-17(27)16-11-5-3-2-4-6-12(11)28-18(16)19-13(24)9-22-14(25)7-8-15(22)26/h2-9H2,1H3,(H,19,24)(H,20,23)(H,21,27). The van der Waals surface area contributed by atoms with Crippen molar-refractivity contribution in [3.8, 4) is 0 Å². The summed E-state index contributed by atoms with van der Waals surface area (Å²) in [6, 6.07) is 0. The summed E-state index contributed by atoms with van der Waals surface area (Å²) in [7, 11) is 0. The van der Waals surface area contributed by atoms with E-state index in [0.717, 1.165) is 41.0 Å². The summed E-state index contributed by atoms with van der Waals surface area (Å²) < 4.78 is 0. The van der Waals surface area contributed by atoms with E-state index in [1.165, 1.54) is 18.3 Å². The van der Waals surface area contributed by atoms with Gasteiger partial charge >= 0.3 is 0 Å². The van der Waals surface area contributed by atoms with Crippen molar-refractivity contribution in [1.29, 1.82) is 0 Å². The maximum absolute atomic E-state index is 12.7. The zero-order chi connectivity index (χ0) is 20.3. The van der Waals surface area contributed by atoms with E-state index < -0.39 is 17.7 Å². The fourth-order valence-corrected chi connectivity index (χ4v) is 4.69. The Morgan fingerprint density at radius 3 is 2.32 bits per heavy atom. The second kappa shape index (κ2) is 8.51. The molecule has 2 heterocycles. The molecule has 0 unspecified atom stereocenters. The Balaban J connectivity index is 1.81. The van der Waals surface area contributed by atoms with E-state index in [1.54, 1.807) is 0 Å². The van der Waals surface area contributed by atoms with Gasteiger partial charge in [-0.1, -0.05) is 6.42 Å². The molecule has 1 saturated heterocycles. The number of fused-ring (bicyclic) bond motifs is 1. The Morgan fingerprint density at radius 1 is 0.964 bits per heavy atom. The number of carbonyl (C=O) groups is 5. The Bertz CT molecular complexity index is 831.